The highest BCUT2D eigenvalue weighted by Crippen LogP contribution is 2.23. The Balaban J connectivity index is 2.02. The molecule has 0 aliphatic carbocycles. The number of anilines is 1. The monoisotopic (exact) mass is 579 g/mol. The Hall–Kier alpha value is -3.85. The molecule has 3 rings (SSSR count). The minimum Gasteiger partial charge on any atom is -0.494 e. The smallest absolute Gasteiger partial charge is 0.244 e. The number of carbonyl (C=O) groups is 2. The van der Waals surface area contributed by atoms with E-state index in [0.717, 1.165) is 27.3 Å². The molecule has 0 saturated carbocycles. The Labute approximate surface area is 244 Å². The van der Waals surface area contributed by atoms with Crippen LogP contribution >= 0.6 is 0 Å². The van der Waals surface area contributed by atoms with Crippen LogP contribution in [0.15, 0.2) is 78.9 Å². The van der Waals surface area contributed by atoms with E-state index < -0.39 is 28.5 Å². The van der Waals surface area contributed by atoms with Gasteiger partial charge in [-0.3, -0.25) is 13.9 Å². The van der Waals surface area contributed by atoms with Gasteiger partial charge in [0.1, 0.15) is 18.3 Å². The van der Waals surface area contributed by atoms with Gasteiger partial charge in [0, 0.05) is 19.5 Å². The minimum absolute atomic E-state index is 0.147. The van der Waals surface area contributed by atoms with Crippen LogP contribution in [0.2, 0.25) is 0 Å². The fraction of sp³-hybridized carbons (Fsp3) is 0.375. The standard InChI is InChI=1S/C32H41N3O5S/c1-6-40-29-17-15-28(16-18-29)35(41(5,38)39)23-31(36)34(22-27-14-10-11-25(4)19-27)30(32(37)33-21-24(2)3)20-26-12-8-7-9-13-26/h7-19,24,30H,6,20-23H2,1-5H3,(H,33,37)/t30-/m1/s1. The summed E-state index contributed by atoms with van der Waals surface area (Å²) in [6, 6.07) is 23.0. The number of hydrogen-bond acceptors (Lipinski definition) is 5. The van der Waals surface area contributed by atoms with Gasteiger partial charge in [0.25, 0.3) is 0 Å². The maximum Gasteiger partial charge on any atom is 0.244 e. The molecular formula is C32H41N3O5S. The summed E-state index contributed by atoms with van der Waals surface area (Å²) in [7, 11) is -3.83. The van der Waals surface area contributed by atoms with Gasteiger partial charge in [-0.2, -0.15) is 0 Å². The maximum atomic E-state index is 14.1. The van der Waals surface area contributed by atoms with Crippen LogP contribution in [0.4, 0.5) is 5.69 Å². The van der Waals surface area contributed by atoms with E-state index in [2.05, 4.69) is 5.32 Å². The SMILES string of the molecule is CCOc1ccc(N(CC(=O)N(Cc2cccc(C)c2)[C@H](Cc2ccccc2)C(=O)NCC(C)C)S(C)(=O)=O)cc1. The van der Waals surface area contributed by atoms with E-state index >= 15 is 0 Å². The molecule has 0 aromatic heterocycles. The predicted molar refractivity (Wildman–Crippen MR) is 163 cm³/mol. The largest absolute Gasteiger partial charge is 0.494 e. The second-order valence-electron chi connectivity index (χ2n) is 10.6. The van der Waals surface area contributed by atoms with E-state index in [0.29, 0.717) is 24.6 Å². The first kappa shape index (κ1) is 31.7. The Morgan fingerprint density at radius 1 is 0.927 bits per heavy atom. The second-order valence-corrected chi connectivity index (χ2v) is 12.5. The summed E-state index contributed by atoms with van der Waals surface area (Å²) in [5.41, 5.74) is 3.10. The van der Waals surface area contributed by atoms with E-state index in [1.54, 1.807) is 24.3 Å². The highest BCUT2D eigenvalue weighted by molar-refractivity contribution is 7.92. The van der Waals surface area contributed by atoms with Crippen LogP contribution in [0.3, 0.4) is 0 Å². The van der Waals surface area contributed by atoms with Crippen LogP contribution in [0.1, 0.15) is 37.5 Å². The van der Waals surface area contributed by atoms with Crippen LogP contribution in [-0.4, -0.2) is 57.1 Å². The quantitative estimate of drug-likeness (QED) is 0.302. The van der Waals surface area contributed by atoms with Crippen molar-refractivity contribution in [1.82, 2.24) is 10.2 Å². The van der Waals surface area contributed by atoms with E-state index in [1.165, 1.54) is 4.90 Å². The number of aryl methyl sites for hydroxylation is 1. The molecular weight excluding hydrogens is 538 g/mol. The fourth-order valence-corrected chi connectivity index (χ4v) is 5.32. The molecule has 0 fully saturated rings. The van der Waals surface area contributed by atoms with Gasteiger partial charge in [0.15, 0.2) is 0 Å². The Morgan fingerprint density at radius 2 is 1.59 bits per heavy atom. The highest BCUT2D eigenvalue weighted by Gasteiger charge is 2.33. The third kappa shape index (κ3) is 9.63. The lowest BCUT2D eigenvalue weighted by Gasteiger charge is -2.33. The molecule has 2 amide bonds. The van der Waals surface area contributed by atoms with Gasteiger partial charge in [-0.15, -0.1) is 0 Å². The topological polar surface area (TPSA) is 96.0 Å². The summed E-state index contributed by atoms with van der Waals surface area (Å²) in [6.07, 6.45) is 1.35. The zero-order valence-corrected chi connectivity index (χ0v) is 25.4. The van der Waals surface area contributed by atoms with E-state index in [-0.39, 0.29) is 24.8 Å². The molecule has 0 unspecified atom stereocenters. The molecule has 1 atom stereocenters. The molecule has 220 valence electrons. The first-order valence-electron chi connectivity index (χ1n) is 13.8. The molecule has 3 aromatic carbocycles. The van der Waals surface area contributed by atoms with Gasteiger partial charge in [-0.05, 0) is 55.2 Å². The average molecular weight is 580 g/mol. The molecule has 41 heavy (non-hydrogen) atoms. The first-order chi connectivity index (χ1) is 19.5. The predicted octanol–water partition coefficient (Wildman–Crippen LogP) is 4.57. The summed E-state index contributed by atoms with van der Waals surface area (Å²) in [5, 5.41) is 2.99. The zero-order chi connectivity index (χ0) is 30.0. The first-order valence-corrected chi connectivity index (χ1v) is 15.7. The number of rotatable bonds is 14. The zero-order valence-electron chi connectivity index (χ0n) is 24.5. The molecule has 1 N–H and O–H groups in total. The summed E-state index contributed by atoms with van der Waals surface area (Å²) in [4.78, 5) is 29.3. The van der Waals surface area contributed by atoms with Crippen LogP contribution in [0, 0.1) is 12.8 Å². The number of amides is 2. The van der Waals surface area contributed by atoms with Gasteiger partial charge in [0.2, 0.25) is 21.8 Å². The lowest BCUT2D eigenvalue weighted by Crippen LogP contribution is -2.53. The van der Waals surface area contributed by atoms with E-state index in [9.17, 15) is 18.0 Å². The van der Waals surface area contributed by atoms with Crippen molar-refractivity contribution in [3.63, 3.8) is 0 Å². The molecule has 8 nitrogen and oxygen atoms in total. The van der Waals surface area contributed by atoms with Gasteiger partial charge in [-0.25, -0.2) is 8.42 Å². The molecule has 0 bridgehead atoms. The summed E-state index contributed by atoms with van der Waals surface area (Å²) >= 11 is 0. The van der Waals surface area contributed by atoms with Gasteiger partial charge < -0.3 is 15.0 Å². The Morgan fingerprint density at radius 3 is 2.17 bits per heavy atom. The van der Waals surface area contributed by atoms with E-state index in [4.69, 9.17) is 4.74 Å². The van der Waals surface area contributed by atoms with Crippen LogP contribution < -0.4 is 14.4 Å². The van der Waals surface area contributed by atoms with E-state index in [1.807, 2.05) is 82.3 Å². The molecule has 3 aromatic rings. The fourth-order valence-electron chi connectivity index (χ4n) is 4.47. The lowest BCUT2D eigenvalue weighted by atomic mass is 10.0. The van der Waals surface area contributed by atoms with Gasteiger partial charge in [0.05, 0.1) is 18.6 Å². The van der Waals surface area contributed by atoms with Crippen molar-refractivity contribution >= 4 is 27.5 Å². The minimum atomic E-state index is -3.83. The van der Waals surface area contributed by atoms with Gasteiger partial charge in [-0.1, -0.05) is 74.0 Å². The number of ether oxygens (including phenoxy) is 1. The third-order valence-electron chi connectivity index (χ3n) is 6.51. The number of sulfonamides is 1. The number of nitrogens with zero attached hydrogens (tertiary/aromatic N) is 2. The van der Waals surface area contributed by atoms with Crippen molar-refractivity contribution in [2.24, 2.45) is 5.92 Å². The number of carbonyl (C=O) groups excluding carboxylic acids is 2. The summed E-state index contributed by atoms with van der Waals surface area (Å²) in [5.74, 6) is 0.0569. The molecule has 0 radical (unpaired) electrons. The molecule has 0 aliphatic rings. The summed E-state index contributed by atoms with van der Waals surface area (Å²) < 4.78 is 32.4. The number of benzene rings is 3. The van der Waals surface area contributed by atoms with Gasteiger partial charge >= 0.3 is 0 Å². The maximum absolute atomic E-state index is 14.1. The van der Waals surface area contributed by atoms with Crippen molar-refractivity contribution in [3.05, 3.63) is 95.6 Å². The number of hydrogen-bond donors (Lipinski definition) is 1. The Kier molecular flexibility index (Phi) is 11.3. The average Bonchev–Trinajstić information content (AvgIpc) is 2.93. The van der Waals surface area contributed by atoms with Crippen LogP contribution in [0.5, 0.6) is 5.75 Å². The van der Waals surface area contributed by atoms with Crippen LogP contribution in [0.25, 0.3) is 0 Å². The molecule has 0 saturated heterocycles. The number of nitrogens with one attached hydrogen (secondary N) is 1. The van der Waals surface area contributed by atoms with Crippen molar-refractivity contribution in [2.45, 2.75) is 46.7 Å². The Bertz CT molecular complexity index is 1390. The highest BCUT2D eigenvalue weighted by atomic mass is 32.2. The summed E-state index contributed by atoms with van der Waals surface area (Å²) in [6.45, 7) is 8.45. The lowest BCUT2D eigenvalue weighted by molar-refractivity contribution is -0.140. The normalized spacial score (nSPS) is 12.0. The molecule has 0 aliphatic heterocycles. The van der Waals surface area contributed by atoms with Crippen molar-refractivity contribution < 1.29 is 22.7 Å². The second kappa shape index (κ2) is 14.7. The molecule has 9 heteroatoms. The third-order valence-corrected chi connectivity index (χ3v) is 7.65. The molecule has 0 spiro atoms. The van der Waals surface area contributed by atoms with Crippen molar-refractivity contribution in [2.75, 3.05) is 30.3 Å². The molecule has 0 heterocycles. The van der Waals surface area contributed by atoms with Crippen LogP contribution in [-0.2, 0) is 32.6 Å². The van der Waals surface area contributed by atoms with Crippen molar-refractivity contribution in [3.8, 4) is 5.75 Å². The van der Waals surface area contributed by atoms with Crippen molar-refractivity contribution in [1.29, 1.82) is 0 Å².